The molecule has 2 aromatic rings. The predicted molar refractivity (Wildman–Crippen MR) is 76.7 cm³/mol. The molecule has 0 saturated heterocycles. The smallest absolute Gasteiger partial charge is 0.258 e. The monoisotopic (exact) mass is 286 g/mol. The van der Waals surface area contributed by atoms with E-state index in [1.54, 1.807) is 24.3 Å². The lowest BCUT2D eigenvalue weighted by atomic mass is 10.1. The van der Waals surface area contributed by atoms with Gasteiger partial charge in [0.05, 0.1) is 17.8 Å². The summed E-state index contributed by atoms with van der Waals surface area (Å²) in [7, 11) is 0. The van der Waals surface area contributed by atoms with Crippen LogP contribution in [0.25, 0.3) is 0 Å². The van der Waals surface area contributed by atoms with Crippen molar-refractivity contribution < 1.29 is 13.6 Å². The Morgan fingerprint density at radius 3 is 2.67 bits per heavy atom. The fourth-order valence-electron chi connectivity index (χ4n) is 1.71. The summed E-state index contributed by atoms with van der Waals surface area (Å²) in [6.45, 7) is 0.189. The van der Waals surface area contributed by atoms with Gasteiger partial charge in [-0.3, -0.25) is 4.79 Å². The molecule has 1 amide bonds. The molecule has 3 nitrogen and oxygen atoms in total. The molecule has 0 unspecified atom stereocenters. The summed E-state index contributed by atoms with van der Waals surface area (Å²) in [5.41, 5.74) is 6.07. The fourth-order valence-corrected chi connectivity index (χ4v) is 1.71. The van der Waals surface area contributed by atoms with Crippen molar-refractivity contribution in [3.05, 3.63) is 65.2 Å². The number of hydrogen-bond donors (Lipinski definition) is 2. The van der Waals surface area contributed by atoms with Gasteiger partial charge in [0, 0.05) is 11.6 Å². The Kier molecular flexibility index (Phi) is 4.64. The highest BCUT2D eigenvalue weighted by Gasteiger charge is 2.13. The van der Waals surface area contributed by atoms with Crippen LogP contribution in [0.1, 0.15) is 15.9 Å². The number of benzene rings is 2. The van der Waals surface area contributed by atoms with Crippen molar-refractivity contribution in [1.82, 2.24) is 0 Å². The lowest BCUT2D eigenvalue weighted by Gasteiger charge is -2.08. The van der Waals surface area contributed by atoms with E-state index >= 15 is 0 Å². The number of rotatable bonds is 2. The van der Waals surface area contributed by atoms with Gasteiger partial charge in [0.15, 0.2) is 0 Å². The van der Waals surface area contributed by atoms with Crippen LogP contribution in [-0.2, 0) is 0 Å². The van der Waals surface area contributed by atoms with Crippen molar-refractivity contribution in [3.8, 4) is 11.8 Å². The van der Waals surface area contributed by atoms with E-state index in [9.17, 15) is 13.6 Å². The molecule has 0 aliphatic heterocycles. The molecule has 0 aliphatic carbocycles. The normalized spacial score (nSPS) is 9.67. The second-order valence-electron chi connectivity index (χ2n) is 4.13. The van der Waals surface area contributed by atoms with Crippen LogP contribution in [0.5, 0.6) is 0 Å². The summed E-state index contributed by atoms with van der Waals surface area (Å²) in [6, 6.07) is 9.60. The lowest BCUT2D eigenvalue weighted by Crippen LogP contribution is -2.14. The molecule has 0 atom stereocenters. The molecule has 0 bridgehead atoms. The van der Waals surface area contributed by atoms with Crippen molar-refractivity contribution in [3.63, 3.8) is 0 Å². The number of halogens is 2. The minimum atomic E-state index is -0.918. The average Bonchev–Trinajstić information content (AvgIpc) is 2.46. The largest absolute Gasteiger partial charge is 0.321 e. The number of hydrogen-bond acceptors (Lipinski definition) is 2. The quantitative estimate of drug-likeness (QED) is 0.834. The van der Waals surface area contributed by atoms with Gasteiger partial charge in [-0.1, -0.05) is 24.0 Å². The first kappa shape index (κ1) is 14.7. The third kappa shape index (κ3) is 3.65. The van der Waals surface area contributed by atoms with Crippen LogP contribution in [0.15, 0.2) is 42.5 Å². The van der Waals surface area contributed by atoms with Gasteiger partial charge in [-0.05, 0) is 24.3 Å². The van der Waals surface area contributed by atoms with Gasteiger partial charge in [-0.15, -0.1) is 0 Å². The van der Waals surface area contributed by atoms with Crippen LogP contribution in [0.3, 0.4) is 0 Å². The van der Waals surface area contributed by atoms with Gasteiger partial charge in [-0.2, -0.15) is 0 Å². The van der Waals surface area contributed by atoms with Crippen LogP contribution in [-0.4, -0.2) is 12.5 Å². The molecule has 0 radical (unpaired) electrons. The maximum absolute atomic E-state index is 13.6. The van der Waals surface area contributed by atoms with Gasteiger partial charge in [-0.25, -0.2) is 8.78 Å². The van der Waals surface area contributed by atoms with Crippen molar-refractivity contribution in [2.24, 2.45) is 5.73 Å². The third-order valence-electron chi connectivity index (χ3n) is 2.68. The Morgan fingerprint density at radius 1 is 1.19 bits per heavy atom. The van der Waals surface area contributed by atoms with E-state index in [0.29, 0.717) is 17.3 Å². The molecule has 21 heavy (non-hydrogen) atoms. The van der Waals surface area contributed by atoms with E-state index in [-0.39, 0.29) is 12.1 Å². The number of nitrogens with one attached hydrogen (secondary N) is 1. The zero-order valence-corrected chi connectivity index (χ0v) is 11.0. The molecular formula is C16H12F2N2O. The minimum Gasteiger partial charge on any atom is -0.321 e. The molecule has 5 heteroatoms. The second kappa shape index (κ2) is 6.64. The molecule has 0 saturated carbocycles. The Morgan fingerprint density at radius 2 is 1.95 bits per heavy atom. The number of amides is 1. The van der Waals surface area contributed by atoms with Gasteiger partial charge < -0.3 is 11.1 Å². The number of anilines is 1. The second-order valence-corrected chi connectivity index (χ2v) is 4.13. The SMILES string of the molecule is NCC#Cc1ccccc1NC(=O)c1ccc(F)cc1F. The molecule has 3 N–H and O–H groups in total. The minimum absolute atomic E-state index is 0.189. The van der Waals surface area contributed by atoms with Crippen molar-refractivity contribution >= 4 is 11.6 Å². The first-order valence-corrected chi connectivity index (χ1v) is 6.16. The molecule has 106 valence electrons. The van der Waals surface area contributed by atoms with Crippen LogP contribution in [0.4, 0.5) is 14.5 Å². The summed E-state index contributed by atoms with van der Waals surface area (Å²) in [5, 5.41) is 2.55. The Bertz CT molecular complexity index is 733. The highest BCUT2D eigenvalue weighted by molar-refractivity contribution is 6.05. The molecule has 0 heterocycles. The van der Waals surface area contributed by atoms with Crippen LogP contribution in [0, 0.1) is 23.5 Å². The summed E-state index contributed by atoms with van der Waals surface area (Å²) in [4.78, 5) is 12.0. The summed E-state index contributed by atoms with van der Waals surface area (Å²) < 4.78 is 26.4. The third-order valence-corrected chi connectivity index (χ3v) is 2.68. The first-order valence-electron chi connectivity index (χ1n) is 6.16. The predicted octanol–water partition coefficient (Wildman–Crippen LogP) is 2.53. The van der Waals surface area contributed by atoms with Gasteiger partial charge in [0.25, 0.3) is 5.91 Å². The van der Waals surface area contributed by atoms with Gasteiger partial charge in [0.2, 0.25) is 0 Å². The Hall–Kier alpha value is -2.71. The number of para-hydroxylation sites is 1. The lowest BCUT2D eigenvalue weighted by molar-refractivity contribution is 0.102. The van der Waals surface area contributed by atoms with E-state index in [0.717, 1.165) is 12.1 Å². The zero-order chi connectivity index (χ0) is 15.2. The van der Waals surface area contributed by atoms with E-state index in [1.165, 1.54) is 0 Å². The highest BCUT2D eigenvalue weighted by atomic mass is 19.1. The van der Waals surface area contributed by atoms with E-state index in [4.69, 9.17) is 5.73 Å². The molecule has 0 aromatic heterocycles. The molecule has 0 aliphatic rings. The van der Waals surface area contributed by atoms with Crippen molar-refractivity contribution in [1.29, 1.82) is 0 Å². The van der Waals surface area contributed by atoms with Gasteiger partial charge in [0.1, 0.15) is 11.6 Å². The molecular weight excluding hydrogens is 274 g/mol. The molecule has 0 fully saturated rings. The molecule has 2 rings (SSSR count). The maximum Gasteiger partial charge on any atom is 0.258 e. The van der Waals surface area contributed by atoms with Crippen molar-refractivity contribution in [2.75, 3.05) is 11.9 Å². The molecule has 0 spiro atoms. The number of nitrogens with two attached hydrogens (primary N) is 1. The van der Waals surface area contributed by atoms with Crippen LogP contribution < -0.4 is 11.1 Å². The number of carbonyl (C=O) groups is 1. The average molecular weight is 286 g/mol. The van der Waals surface area contributed by atoms with E-state index in [2.05, 4.69) is 17.2 Å². The Labute approximate surface area is 120 Å². The highest BCUT2D eigenvalue weighted by Crippen LogP contribution is 2.16. The van der Waals surface area contributed by atoms with Crippen LogP contribution in [0.2, 0.25) is 0 Å². The first-order chi connectivity index (χ1) is 10.1. The fraction of sp³-hybridized carbons (Fsp3) is 0.0625. The summed E-state index contributed by atoms with van der Waals surface area (Å²) in [5.74, 6) is 3.16. The standard InChI is InChI=1S/C16H12F2N2O/c17-12-7-8-13(14(18)10-12)16(21)20-15-6-2-1-4-11(15)5-3-9-19/h1-2,4,6-8,10H,9,19H2,(H,20,21). The Balaban J connectivity index is 2.27. The van der Waals surface area contributed by atoms with Gasteiger partial charge >= 0.3 is 0 Å². The summed E-state index contributed by atoms with van der Waals surface area (Å²) >= 11 is 0. The summed E-state index contributed by atoms with van der Waals surface area (Å²) in [6.07, 6.45) is 0. The molecule has 2 aromatic carbocycles. The van der Waals surface area contributed by atoms with Crippen LogP contribution >= 0.6 is 0 Å². The topological polar surface area (TPSA) is 55.1 Å². The maximum atomic E-state index is 13.6. The van der Waals surface area contributed by atoms with Crippen molar-refractivity contribution in [2.45, 2.75) is 0 Å². The van der Waals surface area contributed by atoms with E-state index in [1.807, 2.05) is 0 Å². The zero-order valence-electron chi connectivity index (χ0n) is 11.0. The number of carbonyl (C=O) groups excluding carboxylic acids is 1. The van der Waals surface area contributed by atoms with E-state index < -0.39 is 17.5 Å².